The van der Waals surface area contributed by atoms with Crippen molar-refractivity contribution in [1.82, 2.24) is 4.90 Å². The summed E-state index contributed by atoms with van der Waals surface area (Å²) >= 11 is 3.47. The normalized spacial score (nSPS) is 23.4. The van der Waals surface area contributed by atoms with E-state index in [9.17, 15) is 4.79 Å². The Morgan fingerprint density at radius 1 is 1.56 bits per heavy atom. The van der Waals surface area contributed by atoms with Gasteiger partial charge in [0.15, 0.2) is 0 Å². The number of carbonyl (C=O) groups is 1. The Kier molecular flexibility index (Phi) is 3.78. The van der Waals surface area contributed by atoms with Gasteiger partial charge in [-0.25, -0.2) is 0 Å². The summed E-state index contributed by atoms with van der Waals surface area (Å²) in [7, 11) is 0. The summed E-state index contributed by atoms with van der Waals surface area (Å²) in [6, 6.07) is 5.76. The number of halogens is 1. The molecule has 4 heteroatoms. The Hall–Kier alpha value is -0.870. The zero-order chi connectivity index (χ0) is 13.3. The topological polar surface area (TPSA) is 46.3 Å². The summed E-state index contributed by atoms with van der Waals surface area (Å²) in [4.78, 5) is 14.3. The van der Waals surface area contributed by atoms with Gasteiger partial charge < -0.3 is 10.6 Å². The molecule has 0 spiro atoms. The van der Waals surface area contributed by atoms with Gasteiger partial charge in [0, 0.05) is 23.1 Å². The van der Waals surface area contributed by atoms with Crippen molar-refractivity contribution >= 4 is 21.8 Å². The molecular weight excluding hydrogens is 292 g/mol. The molecule has 0 aliphatic carbocycles. The van der Waals surface area contributed by atoms with E-state index in [2.05, 4.69) is 22.9 Å². The third-order valence-corrected chi connectivity index (χ3v) is 4.61. The Bertz CT molecular complexity index is 475. The number of nitrogens with zero attached hydrogens (tertiary/aromatic N) is 1. The van der Waals surface area contributed by atoms with Crippen LogP contribution < -0.4 is 5.73 Å². The van der Waals surface area contributed by atoms with Gasteiger partial charge in [-0.1, -0.05) is 28.9 Å². The average Bonchev–Trinajstić information content (AvgIpc) is 2.75. The van der Waals surface area contributed by atoms with E-state index in [1.807, 2.05) is 30.0 Å². The molecule has 98 valence electrons. The fourth-order valence-electron chi connectivity index (χ4n) is 2.27. The zero-order valence-electron chi connectivity index (χ0n) is 10.9. The molecule has 0 saturated carbocycles. The van der Waals surface area contributed by atoms with Crippen LogP contribution in [0.25, 0.3) is 0 Å². The van der Waals surface area contributed by atoms with Crippen LogP contribution in [0, 0.1) is 12.3 Å². The molecule has 3 nitrogen and oxygen atoms in total. The van der Waals surface area contributed by atoms with E-state index < -0.39 is 0 Å². The number of rotatable bonds is 2. The maximum Gasteiger partial charge on any atom is 0.253 e. The van der Waals surface area contributed by atoms with E-state index in [0.717, 1.165) is 35.1 Å². The van der Waals surface area contributed by atoms with Gasteiger partial charge in [0.05, 0.1) is 0 Å². The molecule has 0 bridgehead atoms. The second-order valence-corrected chi connectivity index (χ2v) is 6.31. The largest absolute Gasteiger partial charge is 0.338 e. The van der Waals surface area contributed by atoms with Crippen LogP contribution in [0.3, 0.4) is 0 Å². The van der Waals surface area contributed by atoms with Crippen molar-refractivity contribution in [3.8, 4) is 0 Å². The number of hydrogen-bond donors (Lipinski definition) is 1. The first-order chi connectivity index (χ1) is 8.45. The van der Waals surface area contributed by atoms with Crippen LogP contribution in [0.1, 0.15) is 29.3 Å². The quantitative estimate of drug-likeness (QED) is 0.912. The highest BCUT2D eigenvalue weighted by atomic mass is 79.9. The molecule has 1 saturated heterocycles. The summed E-state index contributed by atoms with van der Waals surface area (Å²) in [6.45, 7) is 6.35. The van der Waals surface area contributed by atoms with Gasteiger partial charge in [-0.05, 0) is 43.0 Å². The predicted molar refractivity (Wildman–Crippen MR) is 76.6 cm³/mol. The lowest BCUT2D eigenvalue weighted by molar-refractivity contribution is 0.0777. The third-order valence-electron chi connectivity index (χ3n) is 3.76. The molecule has 2 rings (SSSR count). The van der Waals surface area contributed by atoms with Gasteiger partial charge in [-0.3, -0.25) is 4.79 Å². The molecule has 1 amide bonds. The smallest absolute Gasteiger partial charge is 0.253 e. The van der Waals surface area contributed by atoms with Crippen LogP contribution in [-0.2, 0) is 0 Å². The Labute approximate surface area is 116 Å². The molecule has 1 heterocycles. The molecule has 1 unspecified atom stereocenters. The molecule has 1 atom stereocenters. The lowest BCUT2D eigenvalue weighted by Crippen LogP contribution is -2.34. The minimum absolute atomic E-state index is 0.0809. The maximum absolute atomic E-state index is 12.4. The predicted octanol–water partition coefficient (Wildman–Crippen LogP) is 2.57. The van der Waals surface area contributed by atoms with Crippen molar-refractivity contribution in [1.29, 1.82) is 0 Å². The second kappa shape index (κ2) is 5.02. The third kappa shape index (κ3) is 2.59. The molecule has 1 fully saturated rings. The molecule has 2 N–H and O–H groups in total. The SMILES string of the molecule is Cc1ccc(C(=O)N2CCC(C)(CN)C2)cc1Br. The van der Waals surface area contributed by atoms with Crippen LogP contribution in [-0.4, -0.2) is 30.4 Å². The molecule has 18 heavy (non-hydrogen) atoms. The number of hydrogen-bond acceptors (Lipinski definition) is 2. The van der Waals surface area contributed by atoms with Crippen molar-refractivity contribution in [2.24, 2.45) is 11.1 Å². The monoisotopic (exact) mass is 310 g/mol. The number of carbonyl (C=O) groups excluding carboxylic acids is 1. The minimum atomic E-state index is 0.0809. The van der Waals surface area contributed by atoms with Gasteiger partial charge in [-0.15, -0.1) is 0 Å². The van der Waals surface area contributed by atoms with Crippen molar-refractivity contribution in [3.63, 3.8) is 0 Å². The van der Waals surface area contributed by atoms with Crippen LogP contribution in [0.5, 0.6) is 0 Å². The van der Waals surface area contributed by atoms with Gasteiger partial charge in [0.25, 0.3) is 5.91 Å². The molecule has 1 aromatic rings. The Morgan fingerprint density at radius 2 is 2.28 bits per heavy atom. The van der Waals surface area contributed by atoms with E-state index in [1.165, 1.54) is 0 Å². The van der Waals surface area contributed by atoms with Gasteiger partial charge in [0.2, 0.25) is 0 Å². The zero-order valence-corrected chi connectivity index (χ0v) is 12.5. The van der Waals surface area contributed by atoms with Gasteiger partial charge in [-0.2, -0.15) is 0 Å². The number of nitrogens with two attached hydrogens (primary N) is 1. The van der Waals surface area contributed by atoms with Crippen molar-refractivity contribution in [2.75, 3.05) is 19.6 Å². The molecule has 1 aromatic carbocycles. The summed E-state index contributed by atoms with van der Waals surface area (Å²) < 4.78 is 0.981. The lowest BCUT2D eigenvalue weighted by atomic mass is 9.90. The number of likely N-dealkylation sites (tertiary alicyclic amines) is 1. The van der Waals surface area contributed by atoms with Gasteiger partial charge in [0.1, 0.15) is 0 Å². The summed E-state index contributed by atoms with van der Waals surface area (Å²) in [5, 5.41) is 0. The van der Waals surface area contributed by atoms with Crippen LogP contribution in [0.15, 0.2) is 22.7 Å². The average molecular weight is 311 g/mol. The van der Waals surface area contributed by atoms with Crippen molar-refractivity contribution < 1.29 is 4.79 Å². The first kappa shape index (κ1) is 13.6. The highest BCUT2D eigenvalue weighted by molar-refractivity contribution is 9.10. The van der Waals surface area contributed by atoms with E-state index in [0.29, 0.717) is 6.54 Å². The molecular formula is C14H19BrN2O. The first-order valence-electron chi connectivity index (χ1n) is 6.21. The minimum Gasteiger partial charge on any atom is -0.338 e. The van der Waals surface area contributed by atoms with Crippen molar-refractivity contribution in [3.05, 3.63) is 33.8 Å². The van der Waals surface area contributed by atoms with E-state index in [-0.39, 0.29) is 11.3 Å². The molecule has 0 aromatic heterocycles. The summed E-state index contributed by atoms with van der Waals surface area (Å²) in [5.74, 6) is 0.105. The number of aryl methyl sites for hydroxylation is 1. The standard InChI is InChI=1S/C14H19BrN2O/c1-10-3-4-11(7-12(10)15)13(18)17-6-5-14(2,8-16)9-17/h3-4,7H,5-6,8-9,16H2,1-2H3. The van der Waals surface area contributed by atoms with Crippen LogP contribution >= 0.6 is 15.9 Å². The summed E-state index contributed by atoms with van der Waals surface area (Å²) in [6.07, 6.45) is 0.988. The molecule has 0 radical (unpaired) electrons. The molecule has 1 aliphatic rings. The lowest BCUT2D eigenvalue weighted by Gasteiger charge is -2.22. The number of benzene rings is 1. The van der Waals surface area contributed by atoms with Crippen LogP contribution in [0.4, 0.5) is 0 Å². The fourth-order valence-corrected chi connectivity index (χ4v) is 2.65. The second-order valence-electron chi connectivity index (χ2n) is 5.46. The highest BCUT2D eigenvalue weighted by Gasteiger charge is 2.35. The summed E-state index contributed by atoms with van der Waals surface area (Å²) in [5.41, 5.74) is 7.73. The Morgan fingerprint density at radius 3 is 2.83 bits per heavy atom. The maximum atomic E-state index is 12.4. The van der Waals surface area contributed by atoms with Crippen LogP contribution in [0.2, 0.25) is 0 Å². The Balaban J connectivity index is 2.15. The number of amides is 1. The fraction of sp³-hybridized carbons (Fsp3) is 0.500. The van der Waals surface area contributed by atoms with Gasteiger partial charge >= 0.3 is 0 Å². The van der Waals surface area contributed by atoms with E-state index >= 15 is 0 Å². The van der Waals surface area contributed by atoms with E-state index in [1.54, 1.807) is 0 Å². The first-order valence-corrected chi connectivity index (χ1v) is 7.00. The van der Waals surface area contributed by atoms with Crippen molar-refractivity contribution in [2.45, 2.75) is 20.3 Å². The molecule has 1 aliphatic heterocycles. The van der Waals surface area contributed by atoms with E-state index in [4.69, 9.17) is 5.73 Å². The highest BCUT2D eigenvalue weighted by Crippen LogP contribution is 2.30.